The first-order chi connectivity index (χ1) is 7.56. The van der Waals surface area contributed by atoms with Crippen molar-refractivity contribution >= 4 is 17.3 Å². The predicted octanol–water partition coefficient (Wildman–Crippen LogP) is 0.498. The zero-order valence-electron chi connectivity index (χ0n) is 9.10. The minimum atomic E-state index is -0.0566. The summed E-state index contributed by atoms with van der Waals surface area (Å²) < 4.78 is 0. The van der Waals surface area contributed by atoms with Crippen LogP contribution in [0.2, 0.25) is 0 Å². The summed E-state index contributed by atoms with van der Waals surface area (Å²) in [6, 6.07) is 4.85. The molecule has 2 rings (SSSR count). The van der Waals surface area contributed by atoms with Crippen LogP contribution in [0.4, 0.5) is 11.4 Å². The van der Waals surface area contributed by atoms with Gasteiger partial charge in [0.25, 0.3) is 0 Å². The number of rotatable bonds is 2. The molecule has 0 saturated heterocycles. The first-order valence-electron chi connectivity index (χ1n) is 5.19. The third-order valence-electron chi connectivity index (χ3n) is 2.44. The Morgan fingerprint density at radius 3 is 3.06 bits per heavy atom. The Labute approximate surface area is 93.9 Å². The lowest BCUT2D eigenvalue weighted by Gasteiger charge is -2.32. The largest absolute Gasteiger partial charge is 0.508 e. The van der Waals surface area contributed by atoms with E-state index in [1.807, 2.05) is 11.8 Å². The van der Waals surface area contributed by atoms with E-state index >= 15 is 0 Å². The Morgan fingerprint density at radius 1 is 1.62 bits per heavy atom. The molecule has 0 bridgehead atoms. The molecule has 0 radical (unpaired) electrons. The summed E-state index contributed by atoms with van der Waals surface area (Å²) in [6.45, 7) is 2.75. The standard InChI is InChI=1S/C11H15N3O2/c1-7(12)5-14-6-11(16)13-9-3-2-8(15)4-10(9)14/h2-4,7,15H,5-6,12H2,1H3,(H,13,16). The number of aromatic hydroxyl groups is 1. The molecule has 5 heteroatoms. The van der Waals surface area contributed by atoms with E-state index in [4.69, 9.17) is 5.73 Å². The summed E-state index contributed by atoms with van der Waals surface area (Å²) in [5.41, 5.74) is 7.26. The van der Waals surface area contributed by atoms with E-state index in [1.165, 1.54) is 0 Å². The molecule has 1 atom stereocenters. The van der Waals surface area contributed by atoms with Crippen molar-refractivity contribution in [2.75, 3.05) is 23.3 Å². The smallest absolute Gasteiger partial charge is 0.243 e. The average molecular weight is 221 g/mol. The maximum Gasteiger partial charge on any atom is 0.243 e. The molecule has 1 aromatic carbocycles. The Kier molecular flexibility index (Phi) is 2.70. The van der Waals surface area contributed by atoms with Crippen LogP contribution >= 0.6 is 0 Å². The van der Waals surface area contributed by atoms with Crippen LogP contribution < -0.4 is 16.0 Å². The second-order valence-corrected chi connectivity index (χ2v) is 4.11. The molecule has 0 fully saturated rings. The van der Waals surface area contributed by atoms with Gasteiger partial charge in [0.2, 0.25) is 5.91 Å². The molecule has 1 unspecified atom stereocenters. The summed E-state index contributed by atoms with van der Waals surface area (Å²) in [4.78, 5) is 13.3. The van der Waals surface area contributed by atoms with Crippen molar-refractivity contribution in [2.24, 2.45) is 5.73 Å². The van der Waals surface area contributed by atoms with E-state index in [2.05, 4.69) is 5.32 Å². The fourth-order valence-corrected chi connectivity index (χ4v) is 1.85. The van der Waals surface area contributed by atoms with Gasteiger partial charge in [-0.1, -0.05) is 0 Å². The molecule has 1 amide bonds. The fourth-order valence-electron chi connectivity index (χ4n) is 1.85. The van der Waals surface area contributed by atoms with Gasteiger partial charge in [-0.05, 0) is 19.1 Å². The second-order valence-electron chi connectivity index (χ2n) is 4.11. The molecule has 1 aliphatic rings. The normalized spacial score (nSPS) is 16.6. The van der Waals surface area contributed by atoms with E-state index in [1.54, 1.807) is 18.2 Å². The first kappa shape index (κ1) is 10.8. The summed E-state index contributed by atoms with van der Waals surface area (Å²) >= 11 is 0. The molecular formula is C11H15N3O2. The van der Waals surface area contributed by atoms with Crippen molar-refractivity contribution in [1.82, 2.24) is 0 Å². The maximum atomic E-state index is 11.4. The number of fused-ring (bicyclic) bond motifs is 1. The van der Waals surface area contributed by atoms with Crippen LogP contribution in [-0.2, 0) is 4.79 Å². The number of nitrogens with two attached hydrogens (primary N) is 1. The van der Waals surface area contributed by atoms with Crippen LogP contribution in [0.3, 0.4) is 0 Å². The SMILES string of the molecule is CC(N)CN1CC(=O)Nc2ccc(O)cc21. The van der Waals surface area contributed by atoms with Gasteiger partial charge in [0.05, 0.1) is 17.9 Å². The van der Waals surface area contributed by atoms with Gasteiger partial charge in [0.15, 0.2) is 0 Å². The van der Waals surface area contributed by atoms with Gasteiger partial charge in [0.1, 0.15) is 5.75 Å². The lowest BCUT2D eigenvalue weighted by atomic mass is 10.1. The van der Waals surface area contributed by atoms with Gasteiger partial charge in [0, 0.05) is 18.7 Å². The van der Waals surface area contributed by atoms with Crippen molar-refractivity contribution in [3.8, 4) is 5.75 Å². The van der Waals surface area contributed by atoms with E-state index in [0.717, 1.165) is 11.4 Å². The monoisotopic (exact) mass is 221 g/mol. The molecule has 16 heavy (non-hydrogen) atoms. The Bertz CT molecular complexity index is 418. The molecule has 1 heterocycles. The number of phenolic OH excluding ortho intramolecular Hbond substituents is 1. The summed E-state index contributed by atoms with van der Waals surface area (Å²) in [5.74, 6) is 0.128. The number of nitrogens with one attached hydrogen (secondary N) is 1. The molecule has 0 aliphatic carbocycles. The molecule has 1 aliphatic heterocycles. The van der Waals surface area contributed by atoms with Crippen LogP contribution in [0.15, 0.2) is 18.2 Å². The number of hydrogen-bond donors (Lipinski definition) is 3. The summed E-state index contributed by atoms with van der Waals surface area (Å²) in [7, 11) is 0. The minimum absolute atomic E-state index is 0.0268. The molecule has 0 spiro atoms. The molecule has 86 valence electrons. The van der Waals surface area contributed by atoms with E-state index in [-0.39, 0.29) is 24.2 Å². The summed E-state index contributed by atoms with van der Waals surface area (Å²) in [6.07, 6.45) is 0. The third-order valence-corrected chi connectivity index (χ3v) is 2.44. The molecule has 4 N–H and O–H groups in total. The molecule has 0 saturated carbocycles. The number of benzene rings is 1. The highest BCUT2D eigenvalue weighted by molar-refractivity contribution is 6.01. The van der Waals surface area contributed by atoms with Gasteiger partial charge in [-0.15, -0.1) is 0 Å². The fraction of sp³-hybridized carbons (Fsp3) is 0.364. The highest BCUT2D eigenvalue weighted by Crippen LogP contribution is 2.32. The van der Waals surface area contributed by atoms with Gasteiger partial charge in [-0.2, -0.15) is 0 Å². The number of carbonyl (C=O) groups excluding carboxylic acids is 1. The summed E-state index contributed by atoms with van der Waals surface area (Å²) in [5, 5.41) is 12.2. The molecule has 1 aromatic rings. The lowest BCUT2D eigenvalue weighted by molar-refractivity contribution is -0.115. The van der Waals surface area contributed by atoms with Gasteiger partial charge >= 0.3 is 0 Å². The van der Waals surface area contributed by atoms with Crippen LogP contribution in [0.5, 0.6) is 5.75 Å². The Morgan fingerprint density at radius 2 is 2.38 bits per heavy atom. The number of nitrogens with zero attached hydrogens (tertiary/aromatic N) is 1. The Hall–Kier alpha value is -1.75. The van der Waals surface area contributed by atoms with Crippen molar-refractivity contribution in [3.05, 3.63) is 18.2 Å². The molecular weight excluding hydrogens is 206 g/mol. The van der Waals surface area contributed by atoms with Crippen molar-refractivity contribution in [2.45, 2.75) is 13.0 Å². The number of hydrogen-bond acceptors (Lipinski definition) is 4. The first-order valence-corrected chi connectivity index (χ1v) is 5.19. The minimum Gasteiger partial charge on any atom is -0.508 e. The maximum absolute atomic E-state index is 11.4. The number of anilines is 2. The lowest BCUT2D eigenvalue weighted by Crippen LogP contribution is -2.43. The zero-order chi connectivity index (χ0) is 11.7. The quantitative estimate of drug-likeness (QED) is 0.635. The zero-order valence-corrected chi connectivity index (χ0v) is 9.10. The highest BCUT2D eigenvalue weighted by atomic mass is 16.3. The van der Waals surface area contributed by atoms with Crippen molar-refractivity contribution < 1.29 is 9.90 Å². The second kappa shape index (κ2) is 4.02. The van der Waals surface area contributed by atoms with Crippen LogP contribution in [0.25, 0.3) is 0 Å². The van der Waals surface area contributed by atoms with Crippen molar-refractivity contribution in [1.29, 1.82) is 0 Å². The van der Waals surface area contributed by atoms with E-state index < -0.39 is 0 Å². The van der Waals surface area contributed by atoms with Crippen LogP contribution in [-0.4, -0.2) is 30.1 Å². The van der Waals surface area contributed by atoms with Gasteiger partial charge < -0.3 is 21.1 Å². The van der Waals surface area contributed by atoms with Gasteiger partial charge in [-0.25, -0.2) is 0 Å². The van der Waals surface area contributed by atoms with Crippen molar-refractivity contribution in [3.63, 3.8) is 0 Å². The van der Waals surface area contributed by atoms with E-state index in [9.17, 15) is 9.90 Å². The number of carbonyl (C=O) groups is 1. The predicted molar refractivity (Wildman–Crippen MR) is 62.6 cm³/mol. The number of amides is 1. The highest BCUT2D eigenvalue weighted by Gasteiger charge is 2.22. The average Bonchev–Trinajstić information content (AvgIpc) is 2.18. The van der Waals surface area contributed by atoms with Crippen LogP contribution in [0, 0.1) is 0 Å². The molecule has 0 aromatic heterocycles. The third kappa shape index (κ3) is 2.09. The molecule has 5 nitrogen and oxygen atoms in total. The number of phenols is 1. The Balaban J connectivity index is 2.35. The van der Waals surface area contributed by atoms with Gasteiger partial charge in [-0.3, -0.25) is 4.79 Å². The topological polar surface area (TPSA) is 78.6 Å². The van der Waals surface area contributed by atoms with Crippen LogP contribution in [0.1, 0.15) is 6.92 Å². The van der Waals surface area contributed by atoms with E-state index in [0.29, 0.717) is 6.54 Å².